The SMILES string of the molecule is CC1CCC([C@H](NC(=O)c2cccc(N=S(C)(C)=O)c2)C(=O)Nc2cc(F)c3c(c2)NCC32CCOCC2)CC1. The van der Waals surface area contributed by atoms with Crippen LogP contribution < -0.4 is 16.0 Å². The van der Waals surface area contributed by atoms with Crippen molar-refractivity contribution >= 4 is 38.6 Å². The molecule has 2 amide bonds. The number of hydrogen-bond acceptors (Lipinski definition) is 6. The largest absolute Gasteiger partial charge is 0.384 e. The van der Waals surface area contributed by atoms with Crippen molar-refractivity contribution < 1.29 is 22.9 Å². The fourth-order valence-electron chi connectivity index (χ4n) is 6.32. The summed E-state index contributed by atoms with van der Waals surface area (Å²) < 4.78 is 37.3. The molecule has 0 radical (unpaired) electrons. The molecule has 2 fully saturated rings. The van der Waals surface area contributed by atoms with Crippen molar-refractivity contribution in [2.24, 2.45) is 16.2 Å². The molecule has 5 rings (SSSR count). The van der Waals surface area contributed by atoms with Crippen LogP contribution in [0, 0.1) is 17.7 Å². The highest BCUT2D eigenvalue weighted by molar-refractivity contribution is 7.92. The molecule has 1 atom stereocenters. The maximum atomic E-state index is 15.5. The molecule has 0 bridgehead atoms. The van der Waals surface area contributed by atoms with E-state index in [9.17, 15) is 13.8 Å². The number of carbonyl (C=O) groups is 2. The minimum absolute atomic E-state index is 0.0408. The van der Waals surface area contributed by atoms with E-state index in [2.05, 4.69) is 27.2 Å². The zero-order valence-corrected chi connectivity index (χ0v) is 24.2. The molecule has 2 aromatic carbocycles. The molecule has 1 saturated carbocycles. The Bertz CT molecular complexity index is 1400. The fourth-order valence-corrected chi connectivity index (χ4v) is 6.94. The molecule has 2 aromatic rings. The Labute approximate surface area is 236 Å². The standard InChI is InChI=1S/C30H39FN4O4S/c1-19-7-9-20(10-8-19)27(34-28(36)21-5-4-6-22(15-21)35-40(2,3)38)29(37)33-23-16-24(31)26-25(17-23)32-18-30(26)11-13-39-14-12-30/h4-6,15-17,19-20,27,32H,7-14,18H2,1-3H3,(H,33,37)(H,34,36)/t19?,20?,27-/m0/s1. The number of anilines is 2. The molecule has 40 heavy (non-hydrogen) atoms. The average molecular weight is 571 g/mol. The van der Waals surface area contributed by atoms with Crippen LogP contribution in [0.2, 0.25) is 0 Å². The van der Waals surface area contributed by atoms with Crippen molar-refractivity contribution in [2.75, 3.05) is 42.9 Å². The van der Waals surface area contributed by atoms with E-state index in [-0.39, 0.29) is 23.1 Å². The fraction of sp³-hybridized carbons (Fsp3) is 0.533. The van der Waals surface area contributed by atoms with E-state index in [1.807, 2.05) is 0 Å². The average Bonchev–Trinajstić information content (AvgIpc) is 3.25. The van der Waals surface area contributed by atoms with Crippen LogP contribution in [-0.4, -0.2) is 54.3 Å². The van der Waals surface area contributed by atoms with Crippen LogP contribution in [-0.2, 0) is 24.7 Å². The number of amides is 2. The van der Waals surface area contributed by atoms with Crippen LogP contribution in [0.4, 0.5) is 21.5 Å². The summed E-state index contributed by atoms with van der Waals surface area (Å²) in [6.45, 7) is 4.06. The quantitative estimate of drug-likeness (QED) is 0.441. The van der Waals surface area contributed by atoms with Gasteiger partial charge in [-0.2, -0.15) is 4.36 Å². The lowest BCUT2D eigenvalue weighted by molar-refractivity contribution is -0.119. The van der Waals surface area contributed by atoms with Gasteiger partial charge in [-0.25, -0.2) is 8.60 Å². The predicted molar refractivity (Wildman–Crippen MR) is 156 cm³/mol. The van der Waals surface area contributed by atoms with E-state index in [1.54, 1.807) is 30.3 Å². The van der Waals surface area contributed by atoms with Crippen molar-refractivity contribution in [1.29, 1.82) is 0 Å². The molecule has 0 unspecified atom stereocenters. The van der Waals surface area contributed by atoms with E-state index < -0.39 is 21.7 Å². The van der Waals surface area contributed by atoms with E-state index in [4.69, 9.17) is 4.74 Å². The molecule has 3 N–H and O–H groups in total. The van der Waals surface area contributed by atoms with Gasteiger partial charge in [0.15, 0.2) is 0 Å². The molecule has 1 aliphatic carbocycles. The van der Waals surface area contributed by atoms with Crippen molar-refractivity contribution in [3.05, 3.63) is 53.3 Å². The first-order chi connectivity index (χ1) is 19.0. The molecule has 2 heterocycles. The van der Waals surface area contributed by atoms with E-state index in [0.717, 1.165) is 38.5 Å². The maximum absolute atomic E-state index is 15.5. The Morgan fingerprint density at radius 3 is 2.55 bits per heavy atom. The summed E-state index contributed by atoms with van der Waals surface area (Å²) in [5.41, 5.74) is 2.24. The third-order valence-corrected chi connectivity index (χ3v) is 9.14. The lowest BCUT2D eigenvalue weighted by atomic mass is 9.75. The second-order valence-corrected chi connectivity index (χ2v) is 14.5. The second kappa shape index (κ2) is 11.5. The lowest BCUT2D eigenvalue weighted by Gasteiger charge is -2.33. The van der Waals surface area contributed by atoms with Gasteiger partial charge < -0.3 is 20.7 Å². The van der Waals surface area contributed by atoms with Gasteiger partial charge in [0.05, 0.1) is 5.69 Å². The number of fused-ring (bicyclic) bond motifs is 2. The van der Waals surface area contributed by atoms with Crippen LogP contribution in [0.25, 0.3) is 0 Å². The van der Waals surface area contributed by atoms with Gasteiger partial charge in [-0.05, 0) is 67.9 Å². The van der Waals surface area contributed by atoms with E-state index in [1.165, 1.54) is 18.6 Å². The summed E-state index contributed by atoms with van der Waals surface area (Å²) in [6, 6.07) is 8.99. The number of hydrogen-bond donors (Lipinski definition) is 3. The van der Waals surface area contributed by atoms with Gasteiger partial charge in [-0.3, -0.25) is 9.59 Å². The highest BCUT2D eigenvalue weighted by Gasteiger charge is 2.43. The third kappa shape index (κ3) is 6.33. The van der Waals surface area contributed by atoms with Gasteiger partial charge in [-0.15, -0.1) is 0 Å². The lowest BCUT2D eigenvalue weighted by Crippen LogP contribution is -2.49. The van der Waals surface area contributed by atoms with Crippen LogP contribution in [0.15, 0.2) is 40.8 Å². The molecule has 10 heteroatoms. The van der Waals surface area contributed by atoms with Crippen LogP contribution in [0.3, 0.4) is 0 Å². The van der Waals surface area contributed by atoms with Gasteiger partial charge in [0.1, 0.15) is 11.9 Å². The van der Waals surface area contributed by atoms with Crippen LogP contribution in [0.5, 0.6) is 0 Å². The molecular weight excluding hydrogens is 531 g/mol. The van der Waals surface area contributed by atoms with Crippen LogP contribution >= 0.6 is 0 Å². The zero-order chi connectivity index (χ0) is 28.5. The number of benzene rings is 2. The molecule has 3 aliphatic rings. The van der Waals surface area contributed by atoms with Crippen molar-refractivity contribution in [3.63, 3.8) is 0 Å². The molecule has 0 aromatic heterocycles. The van der Waals surface area contributed by atoms with Gasteiger partial charge in [0, 0.05) is 69.9 Å². The molecular formula is C30H39FN4O4S. The predicted octanol–water partition coefficient (Wildman–Crippen LogP) is 5.22. The first kappa shape index (κ1) is 28.5. The molecule has 8 nitrogen and oxygen atoms in total. The first-order valence-corrected chi connectivity index (χ1v) is 16.4. The summed E-state index contributed by atoms with van der Waals surface area (Å²) in [5, 5.41) is 9.19. The smallest absolute Gasteiger partial charge is 0.252 e. The number of rotatable bonds is 6. The Balaban J connectivity index is 1.37. The highest BCUT2D eigenvalue weighted by atomic mass is 32.2. The Kier molecular flexibility index (Phi) is 8.20. The Morgan fingerprint density at radius 2 is 1.85 bits per heavy atom. The number of halogens is 1. The number of nitrogens with one attached hydrogen (secondary N) is 3. The summed E-state index contributed by atoms with van der Waals surface area (Å²) in [5.74, 6) is -0.576. The zero-order valence-electron chi connectivity index (χ0n) is 23.4. The highest BCUT2D eigenvalue weighted by Crippen LogP contribution is 2.46. The summed E-state index contributed by atoms with van der Waals surface area (Å²) in [6.07, 6.45) is 8.15. The number of carbonyl (C=O) groups excluding carboxylic acids is 2. The molecule has 2 aliphatic heterocycles. The summed E-state index contributed by atoms with van der Waals surface area (Å²) in [7, 11) is -2.39. The number of ether oxygens (including phenoxy) is 1. The van der Waals surface area contributed by atoms with Crippen molar-refractivity contribution in [3.8, 4) is 0 Å². The normalized spacial score (nSPS) is 22.6. The van der Waals surface area contributed by atoms with Gasteiger partial charge >= 0.3 is 0 Å². The van der Waals surface area contributed by atoms with Gasteiger partial charge in [0.2, 0.25) is 5.91 Å². The third-order valence-electron chi connectivity index (χ3n) is 8.49. The number of nitrogens with zero attached hydrogens (tertiary/aromatic N) is 1. The van der Waals surface area contributed by atoms with Gasteiger partial charge in [0.25, 0.3) is 5.91 Å². The topological polar surface area (TPSA) is 109 Å². The molecule has 1 spiro atoms. The van der Waals surface area contributed by atoms with Crippen LogP contribution in [0.1, 0.15) is 61.4 Å². The Hall–Kier alpha value is -2.98. The molecule has 216 valence electrons. The van der Waals surface area contributed by atoms with Gasteiger partial charge in [-0.1, -0.05) is 25.8 Å². The second-order valence-electron chi connectivity index (χ2n) is 11.9. The first-order valence-electron chi connectivity index (χ1n) is 14.1. The summed E-state index contributed by atoms with van der Waals surface area (Å²) >= 11 is 0. The molecule has 1 saturated heterocycles. The van der Waals surface area contributed by atoms with Crippen molar-refractivity contribution in [2.45, 2.75) is 56.9 Å². The minimum atomic E-state index is -2.39. The van der Waals surface area contributed by atoms with E-state index >= 15 is 4.39 Å². The van der Waals surface area contributed by atoms with E-state index in [0.29, 0.717) is 53.9 Å². The monoisotopic (exact) mass is 570 g/mol. The Morgan fingerprint density at radius 1 is 1.12 bits per heavy atom. The minimum Gasteiger partial charge on any atom is -0.384 e. The maximum Gasteiger partial charge on any atom is 0.252 e. The van der Waals surface area contributed by atoms with Crippen molar-refractivity contribution in [1.82, 2.24) is 5.32 Å². The summed E-state index contributed by atoms with van der Waals surface area (Å²) in [4.78, 5) is 27.0.